The summed E-state index contributed by atoms with van der Waals surface area (Å²) in [6.07, 6.45) is 0.685. The molecule has 0 rings (SSSR count). The van der Waals surface area contributed by atoms with E-state index >= 15 is 0 Å². The molecule has 0 saturated carbocycles. The van der Waals surface area contributed by atoms with Gasteiger partial charge in [-0.25, -0.2) is 4.57 Å². The predicted molar refractivity (Wildman–Crippen MR) is 49.0 cm³/mol. The van der Waals surface area contributed by atoms with E-state index in [0.29, 0.717) is 12.3 Å². The molecule has 0 bridgehead atoms. The third-order valence-electron chi connectivity index (χ3n) is 1.26. The molecule has 6 heteroatoms. The number of amides is 1. The monoisotopic (exact) mass is 209 g/mol. The lowest BCUT2D eigenvalue weighted by Gasteiger charge is -2.12. The summed E-state index contributed by atoms with van der Waals surface area (Å²) < 4.78 is 15.6. The van der Waals surface area contributed by atoms with Crippen LogP contribution < -0.4 is 5.09 Å². The summed E-state index contributed by atoms with van der Waals surface area (Å²) in [4.78, 5) is 19.4. The second-order valence-electron chi connectivity index (χ2n) is 3.20. The van der Waals surface area contributed by atoms with Gasteiger partial charge in [0.25, 0.3) is 0 Å². The van der Waals surface area contributed by atoms with E-state index in [1.165, 1.54) is 0 Å². The van der Waals surface area contributed by atoms with Gasteiger partial charge in [-0.05, 0) is 12.3 Å². The number of hydrogen-bond donors (Lipinski definition) is 2. The van der Waals surface area contributed by atoms with Gasteiger partial charge < -0.3 is 4.89 Å². The Kier molecular flexibility index (Phi) is 5.21. The maximum Gasteiger partial charge on any atom is 0.432 e. The minimum atomic E-state index is -3.90. The molecule has 1 atom stereocenters. The molecular formula is C7H16NO4P. The van der Waals surface area contributed by atoms with E-state index in [2.05, 4.69) is 4.52 Å². The van der Waals surface area contributed by atoms with Gasteiger partial charge in [-0.2, -0.15) is 0 Å². The van der Waals surface area contributed by atoms with Gasteiger partial charge in [-0.3, -0.25) is 14.4 Å². The first-order chi connectivity index (χ1) is 5.83. The van der Waals surface area contributed by atoms with Crippen LogP contribution in [0.3, 0.4) is 0 Å². The van der Waals surface area contributed by atoms with Gasteiger partial charge in [0.1, 0.15) is 0 Å². The lowest BCUT2D eigenvalue weighted by Crippen LogP contribution is -2.18. The van der Waals surface area contributed by atoms with Crippen LogP contribution in [0.5, 0.6) is 0 Å². The molecule has 13 heavy (non-hydrogen) atoms. The van der Waals surface area contributed by atoms with Crippen molar-refractivity contribution in [2.75, 3.05) is 6.61 Å². The fourth-order valence-corrected chi connectivity index (χ4v) is 1.46. The van der Waals surface area contributed by atoms with Crippen LogP contribution in [-0.2, 0) is 13.9 Å². The van der Waals surface area contributed by atoms with Crippen LogP contribution in [0.15, 0.2) is 0 Å². The third-order valence-corrected chi connectivity index (χ3v) is 2.39. The molecule has 0 spiro atoms. The Bertz CT molecular complexity index is 217. The summed E-state index contributed by atoms with van der Waals surface area (Å²) in [6.45, 7) is 5.29. The van der Waals surface area contributed by atoms with E-state index < -0.39 is 13.7 Å². The molecule has 0 fully saturated rings. The van der Waals surface area contributed by atoms with Gasteiger partial charge in [0.2, 0.25) is 5.91 Å². The summed E-state index contributed by atoms with van der Waals surface area (Å²) in [5, 5.41) is 1.84. The lowest BCUT2D eigenvalue weighted by atomic mass is 10.2. The van der Waals surface area contributed by atoms with Crippen LogP contribution in [0.25, 0.3) is 0 Å². The zero-order valence-electron chi connectivity index (χ0n) is 8.11. The first kappa shape index (κ1) is 12.6. The van der Waals surface area contributed by atoms with Crippen molar-refractivity contribution in [1.82, 2.24) is 5.09 Å². The predicted octanol–water partition coefficient (Wildman–Crippen LogP) is 1.29. The van der Waals surface area contributed by atoms with E-state index in [9.17, 15) is 9.36 Å². The molecule has 0 radical (unpaired) electrons. The number of carbonyl (C=O) groups is 1. The molecule has 0 aliphatic heterocycles. The average Bonchev–Trinajstić information content (AvgIpc) is 1.81. The highest BCUT2D eigenvalue weighted by atomic mass is 31.2. The quantitative estimate of drug-likeness (QED) is 0.669. The van der Waals surface area contributed by atoms with Crippen molar-refractivity contribution in [3.8, 4) is 0 Å². The van der Waals surface area contributed by atoms with Crippen molar-refractivity contribution in [3.05, 3.63) is 0 Å². The van der Waals surface area contributed by atoms with E-state index in [1.54, 1.807) is 0 Å². The zero-order valence-corrected chi connectivity index (χ0v) is 9.01. The van der Waals surface area contributed by atoms with Gasteiger partial charge in [0, 0.05) is 6.92 Å². The van der Waals surface area contributed by atoms with Gasteiger partial charge in [0.15, 0.2) is 0 Å². The Morgan fingerprint density at radius 3 is 2.54 bits per heavy atom. The highest BCUT2D eigenvalue weighted by Gasteiger charge is 2.20. The standard InChI is InChI=1S/C7H16NO4P/c1-6(2)4-5-12-13(10,11)8-7(3)9/h6H,4-5H2,1-3H3,(H2,8,9,10,11). The zero-order chi connectivity index (χ0) is 10.5. The normalized spacial score (nSPS) is 15.5. The summed E-state index contributed by atoms with van der Waals surface area (Å²) in [7, 11) is -3.90. The molecule has 2 N–H and O–H groups in total. The SMILES string of the molecule is CC(=O)NP(=O)(O)OCCC(C)C. The second-order valence-corrected chi connectivity index (χ2v) is 4.73. The minimum absolute atomic E-state index is 0.172. The summed E-state index contributed by atoms with van der Waals surface area (Å²) in [5.41, 5.74) is 0. The molecule has 5 nitrogen and oxygen atoms in total. The third kappa shape index (κ3) is 7.96. The average molecular weight is 209 g/mol. The molecule has 0 aliphatic rings. The lowest BCUT2D eigenvalue weighted by molar-refractivity contribution is -0.117. The van der Waals surface area contributed by atoms with Crippen molar-refractivity contribution in [2.24, 2.45) is 5.92 Å². The second kappa shape index (κ2) is 5.37. The minimum Gasteiger partial charge on any atom is -0.308 e. The summed E-state index contributed by atoms with van der Waals surface area (Å²) >= 11 is 0. The Morgan fingerprint density at radius 1 is 1.62 bits per heavy atom. The number of nitrogens with one attached hydrogen (secondary N) is 1. The molecule has 0 aromatic heterocycles. The van der Waals surface area contributed by atoms with E-state index in [4.69, 9.17) is 4.89 Å². The first-order valence-electron chi connectivity index (χ1n) is 4.09. The van der Waals surface area contributed by atoms with Gasteiger partial charge in [0.05, 0.1) is 6.61 Å². The molecule has 0 aromatic rings. The Morgan fingerprint density at radius 2 is 2.15 bits per heavy atom. The molecule has 0 aromatic carbocycles. The van der Waals surface area contributed by atoms with Crippen LogP contribution >= 0.6 is 7.75 Å². The summed E-state index contributed by atoms with van der Waals surface area (Å²) in [5.74, 6) is -0.173. The highest BCUT2D eigenvalue weighted by molar-refractivity contribution is 7.51. The van der Waals surface area contributed by atoms with Crippen LogP contribution in [0, 0.1) is 5.92 Å². The van der Waals surface area contributed by atoms with Crippen molar-refractivity contribution in [2.45, 2.75) is 27.2 Å². The van der Waals surface area contributed by atoms with Crippen LogP contribution in [0.4, 0.5) is 0 Å². The maximum atomic E-state index is 11.0. The molecule has 0 heterocycles. The van der Waals surface area contributed by atoms with Crippen molar-refractivity contribution in [3.63, 3.8) is 0 Å². The number of hydrogen-bond acceptors (Lipinski definition) is 3. The fraction of sp³-hybridized carbons (Fsp3) is 0.857. The summed E-state index contributed by atoms with van der Waals surface area (Å²) in [6, 6.07) is 0. The molecule has 1 amide bonds. The van der Waals surface area contributed by atoms with Gasteiger partial charge in [-0.1, -0.05) is 13.8 Å². The van der Waals surface area contributed by atoms with Crippen LogP contribution in [0.1, 0.15) is 27.2 Å². The molecule has 0 aliphatic carbocycles. The Labute approximate surface area is 78.1 Å². The topological polar surface area (TPSA) is 75.6 Å². The Balaban J connectivity index is 3.76. The number of carbonyl (C=O) groups excluding carboxylic acids is 1. The fourth-order valence-electron chi connectivity index (χ4n) is 0.643. The molecular weight excluding hydrogens is 193 g/mol. The highest BCUT2D eigenvalue weighted by Crippen LogP contribution is 2.36. The van der Waals surface area contributed by atoms with E-state index in [1.807, 2.05) is 18.9 Å². The van der Waals surface area contributed by atoms with Crippen molar-refractivity contribution >= 4 is 13.7 Å². The van der Waals surface area contributed by atoms with Crippen LogP contribution in [-0.4, -0.2) is 17.4 Å². The number of rotatable bonds is 5. The van der Waals surface area contributed by atoms with Crippen molar-refractivity contribution < 1.29 is 18.8 Å². The molecule has 78 valence electrons. The van der Waals surface area contributed by atoms with Crippen LogP contribution in [0.2, 0.25) is 0 Å². The van der Waals surface area contributed by atoms with E-state index in [0.717, 1.165) is 6.92 Å². The van der Waals surface area contributed by atoms with Gasteiger partial charge >= 0.3 is 7.75 Å². The molecule has 0 saturated heterocycles. The smallest absolute Gasteiger partial charge is 0.308 e. The largest absolute Gasteiger partial charge is 0.432 e. The molecule has 1 unspecified atom stereocenters. The van der Waals surface area contributed by atoms with Gasteiger partial charge in [-0.15, -0.1) is 0 Å². The first-order valence-corrected chi connectivity index (χ1v) is 5.67. The maximum absolute atomic E-state index is 11.0. The Hall–Kier alpha value is -0.380. The van der Waals surface area contributed by atoms with Crippen molar-refractivity contribution in [1.29, 1.82) is 0 Å². The van der Waals surface area contributed by atoms with E-state index in [-0.39, 0.29) is 6.61 Å².